The van der Waals surface area contributed by atoms with Crippen LogP contribution >= 0.6 is 11.3 Å². The van der Waals surface area contributed by atoms with Gasteiger partial charge in [0.05, 0.1) is 6.04 Å². The predicted octanol–water partition coefficient (Wildman–Crippen LogP) is 1.85. The van der Waals surface area contributed by atoms with Crippen molar-refractivity contribution in [2.75, 3.05) is 6.54 Å². The van der Waals surface area contributed by atoms with Crippen LogP contribution in [0.3, 0.4) is 0 Å². The number of hydrogen-bond donors (Lipinski definition) is 2. The normalized spacial score (nSPS) is 20.1. The molecule has 2 amide bonds. The molecule has 1 aromatic heterocycles. The van der Waals surface area contributed by atoms with Crippen molar-refractivity contribution >= 4 is 23.3 Å². The van der Waals surface area contributed by atoms with E-state index in [9.17, 15) is 9.59 Å². The molecule has 0 fully saturated rings. The van der Waals surface area contributed by atoms with E-state index in [2.05, 4.69) is 5.32 Å². The molecule has 0 aromatic carbocycles. The molecule has 5 nitrogen and oxygen atoms in total. The van der Waals surface area contributed by atoms with Crippen LogP contribution in [-0.2, 0) is 11.2 Å². The van der Waals surface area contributed by atoms with Crippen molar-refractivity contribution in [3.63, 3.8) is 0 Å². The van der Waals surface area contributed by atoms with E-state index in [1.165, 1.54) is 17.4 Å². The molecule has 0 spiro atoms. The third-order valence-corrected chi connectivity index (χ3v) is 4.25. The summed E-state index contributed by atoms with van der Waals surface area (Å²) in [6.45, 7) is 4.06. The third kappa shape index (κ3) is 2.33. The lowest BCUT2D eigenvalue weighted by molar-refractivity contribution is -0.138. The summed E-state index contributed by atoms with van der Waals surface area (Å²) in [5.41, 5.74) is 1.17. The van der Waals surface area contributed by atoms with E-state index in [0.717, 1.165) is 6.42 Å². The van der Waals surface area contributed by atoms with Crippen LogP contribution in [0, 0.1) is 0 Å². The fourth-order valence-electron chi connectivity index (χ4n) is 2.12. The van der Waals surface area contributed by atoms with Crippen molar-refractivity contribution in [2.24, 2.45) is 0 Å². The molecular weight excluding hydrogens is 252 g/mol. The topological polar surface area (TPSA) is 69.6 Å². The number of thiophene rings is 1. The van der Waals surface area contributed by atoms with Crippen molar-refractivity contribution in [1.82, 2.24) is 10.2 Å². The van der Waals surface area contributed by atoms with Gasteiger partial charge >= 0.3 is 12.0 Å². The molecule has 1 unspecified atom stereocenters. The van der Waals surface area contributed by atoms with Crippen molar-refractivity contribution in [3.8, 4) is 0 Å². The van der Waals surface area contributed by atoms with Gasteiger partial charge in [0, 0.05) is 11.4 Å². The maximum absolute atomic E-state index is 12.0. The molecular formula is C12H16N2O3S. The molecule has 18 heavy (non-hydrogen) atoms. The van der Waals surface area contributed by atoms with E-state index in [1.54, 1.807) is 16.2 Å². The number of nitrogens with zero attached hydrogens (tertiary/aromatic N) is 1. The van der Waals surface area contributed by atoms with Crippen LogP contribution in [0.2, 0.25) is 0 Å². The van der Waals surface area contributed by atoms with Gasteiger partial charge in [-0.2, -0.15) is 0 Å². The number of nitrogens with one attached hydrogen (secondary N) is 1. The van der Waals surface area contributed by atoms with Crippen LogP contribution in [-0.4, -0.2) is 34.6 Å². The van der Waals surface area contributed by atoms with Gasteiger partial charge in [0.25, 0.3) is 0 Å². The van der Waals surface area contributed by atoms with Crippen LogP contribution in [0.15, 0.2) is 11.4 Å². The Hall–Kier alpha value is -1.56. The second kappa shape index (κ2) is 4.97. The smallest absolute Gasteiger partial charge is 0.325 e. The highest BCUT2D eigenvalue weighted by Crippen LogP contribution is 2.32. The van der Waals surface area contributed by atoms with Crippen molar-refractivity contribution in [1.29, 1.82) is 0 Å². The van der Waals surface area contributed by atoms with E-state index in [-0.39, 0.29) is 12.1 Å². The molecule has 2 heterocycles. The molecule has 0 bridgehead atoms. The summed E-state index contributed by atoms with van der Waals surface area (Å²) in [5, 5.41) is 13.3. The molecule has 0 saturated heterocycles. The van der Waals surface area contributed by atoms with E-state index in [4.69, 9.17) is 5.11 Å². The summed E-state index contributed by atoms with van der Waals surface area (Å²) in [6.07, 6.45) is 0.839. The summed E-state index contributed by atoms with van der Waals surface area (Å²) in [5.74, 6) is -1.02. The quantitative estimate of drug-likeness (QED) is 0.860. The Morgan fingerprint density at radius 1 is 1.61 bits per heavy atom. The lowest BCUT2D eigenvalue weighted by Crippen LogP contribution is -2.49. The zero-order valence-corrected chi connectivity index (χ0v) is 11.2. The summed E-state index contributed by atoms with van der Waals surface area (Å²) in [6, 6.07) is 0.855. The monoisotopic (exact) mass is 268 g/mol. The Labute approximate surface area is 109 Å². The van der Waals surface area contributed by atoms with Gasteiger partial charge in [0.2, 0.25) is 0 Å². The third-order valence-electron chi connectivity index (χ3n) is 3.25. The van der Waals surface area contributed by atoms with Crippen LogP contribution in [0.5, 0.6) is 0 Å². The van der Waals surface area contributed by atoms with Gasteiger partial charge in [-0.05, 0) is 37.3 Å². The molecule has 98 valence electrons. The molecule has 1 aliphatic rings. The van der Waals surface area contributed by atoms with Crippen molar-refractivity contribution in [3.05, 3.63) is 21.9 Å². The highest BCUT2D eigenvalue weighted by Gasteiger charge is 2.29. The Kier molecular flexibility index (Phi) is 3.56. The number of hydrogen-bond acceptors (Lipinski definition) is 3. The molecule has 2 rings (SSSR count). The second-order valence-corrected chi connectivity index (χ2v) is 5.43. The van der Waals surface area contributed by atoms with Gasteiger partial charge in [-0.15, -0.1) is 11.3 Å². The van der Waals surface area contributed by atoms with Gasteiger partial charge in [-0.1, -0.05) is 0 Å². The average Bonchev–Trinajstić information content (AvgIpc) is 2.78. The SMILES string of the molecule is CC1c2ccsc2CCN1C(=O)N[C@H](C)C(=O)O. The summed E-state index contributed by atoms with van der Waals surface area (Å²) < 4.78 is 0. The molecule has 2 atom stereocenters. The molecule has 0 saturated carbocycles. The lowest BCUT2D eigenvalue weighted by Gasteiger charge is -2.34. The van der Waals surface area contributed by atoms with Crippen LogP contribution < -0.4 is 5.32 Å². The number of carbonyl (C=O) groups excluding carboxylic acids is 1. The number of aliphatic carboxylic acids is 1. The Bertz CT molecular complexity index is 472. The van der Waals surface area contributed by atoms with Gasteiger partial charge in [0.1, 0.15) is 6.04 Å². The van der Waals surface area contributed by atoms with Crippen LogP contribution in [0.1, 0.15) is 30.3 Å². The Morgan fingerprint density at radius 3 is 3.00 bits per heavy atom. The number of amides is 2. The minimum absolute atomic E-state index is 0.000921. The number of carbonyl (C=O) groups is 2. The lowest BCUT2D eigenvalue weighted by atomic mass is 10.0. The van der Waals surface area contributed by atoms with Crippen molar-refractivity contribution < 1.29 is 14.7 Å². The number of urea groups is 1. The highest BCUT2D eigenvalue weighted by molar-refractivity contribution is 7.10. The minimum Gasteiger partial charge on any atom is -0.480 e. The number of rotatable bonds is 2. The van der Waals surface area contributed by atoms with E-state index in [1.807, 2.05) is 18.4 Å². The largest absolute Gasteiger partial charge is 0.480 e. The summed E-state index contributed by atoms with van der Waals surface area (Å²) >= 11 is 1.71. The van der Waals surface area contributed by atoms with Gasteiger partial charge in [-0.3, -0.25) is 4.79 Å². The molecule has 2 N–H and O–H groups in total. The standard InChI is InChI=1S/C12H16N2O3S/c1-7(11(15)16)13-12(17)14-5-3-10-9(8(14)2)4-6-18-10/h4,6-8H,3,5H2,1-2H3,(H,13,17)(H,15,16)/t7-,8?/m1/s1. The fraction of sp³-hybridized carbons (Fsp3) is 0.500. The maximum atomic E-state index is 12.0. The minimum atomic E-state index is -1.02. The maximum Gasteiger partial charge on any atom is 0.325 e. The van der Waals surface area contributed by atoms with E-state index in [0.29, 0.717) is 6.54 Å². The number of fused-ring (bicyclic) bond motifs is 1. The Morgan fingerprint density at radius 2 is 2.33 bits per heavy atom. The van der Waals surface area contributed by atoms with Gasteiger partial charge < -0.3 is 15.3 Å². The zero-order chi connectivity index (χ0) is 13.3. The van der Waals surface area contributed by atoms with E-state index >= 15 is 0 Å². The first-order valence-electron chi connectivity index (χ1n) is 5.87. The number of carboxylic acids is 1. The summed E-state index contributed by atoms with van der Waals surface area (Å²) in [4.78, 5) is 25.7. The zero-order valence-electron chi connectivity index (χ0n) is 10.3. The average molecular weight is 268 g/mol. The fourth-order valence-corrected chi connectivity index (χ4v) is 3.08. The summed E-state index contributed by atoms with van der Waals surface area (Å²) in [7, 11) is 0. The van der Waals surface area contributed by atoms with Crippen molar-refractivity contribution in [2.45, 2.75) is 32.4 Å². The number of carboxylic acid groups (broad SMARTS) is 1. The second-order valence-electron chi connectivity index (χ2n) is 4.43. The van der Waals surface area contributed by atoms with Crippen LogP contribution in [0.4, 0.5) is 4.79 Å². The molecule has 6 heteroatoms. The molecule has 0 radical (unpaired) electrons. The molecule has 0 aliphatic carbocycles. The molecule has 1 aromatic rings. The highest BCUT2D eigenvalue weighted by atomic mass is 32.1. The van der Waals surface area contributed by atoms with Crippen LogP contribution in [0.25, 0.3) is 0 Å². The van der Waals surface area contributed by atoms with Gasteiger partial charge in [0.15, 0.2) is 0 Å². The molecule has 1 aliphatic heterocycles. The Balaban J connectivity index is 2.07. The van der Waals surface area contributed by atoms with Gasteiger partial charge in [-0.25, -0.2) is 4.79 Å². The van der Waals surface area contributed by atoms with E-state index < -0.39 is 12.0 Å². The predicted molar refractivity (Wildman–Crippen MR) is 68.8 cm³/mol. The first kappa shape index (κ1) is 12.9. The first-order chi connectivity index (χ1) is 8.50. The first-order valence-corrected chi connectivity index (χ1v) is 6.75.